The number of hydrogen-bond acceptors (Lipinski definition) is 7. The Hall–Kier alpha value is -5.46. The van der Waals surface area contributed by atoms with Gasteiger partial charge in [-0.15, -0.1) is 0 Å². The standard InChI is InChI=1S/C30H27F2N7O4/c1-3-17-7-4-5-8-20(17)21-9-6-10-23(26(21)32)36-29(42)24-11-19(31)14-39(24)25(40)16-38-15-22(27(37-38)28(33)41)18-12-34-30(43-2)35-13-18/h3-10,12-13,15,19,24H,1,11,14,16H2,2H3,(H2,33,41)(H,36,42). The van der Waals surface area contributed by atoms with Gasteiger partial charge in [-0.05, 0) is 17.2 Å². The molecule has 11 nitrogen and oxygen atoms in total. The molecular weight excluding hydrogens is 560 g/mol. The zero-order valence-corrected chi connectivity index (χ0v) is 23.0. The van der Waals surface area contributed by atoms with Gasteiger partial charge in [-0.2, -0.15) is 5.10 Å². The molecule has 1 aliphatic heterocycles. The van der Waals surface area contributed by atoms with Crippen LogP contribution in [0.25, 0.3) is 28.3 Å². The quantitative estimate of drug-likeness (QED) is 0.305. The fraction of sp³-hybridized carbons (Fsp3) is 0.200. The molecule has 4 aromatic rings. The number of nitrogens with two attached hydrogens (primary N) is 1. The van der Waals surface area contributed by atoms with Crippen molar-refractivity contribution < 1.29 is 27.9 Å². The van der Waals surface area contributed by atoms with E-state index < -0.39 is 42.3 Å². The lowest BCUT2D eigenvalue weighted by atomic mass is 9.98. The third-order valence-electron chi connectivity index (χ3n) is 7.01. The first-order chi connectivity index (χ1) is 20.7. The Kier molecular flexibility index (Phi) is 8.23. The van der Waals surface area contributed by atoms with Gasteiger partial charge in [0.25, 0.3) is 5.91 Å². The molecule has 1 fully saturated rings. The Morgan fingerprint density at radius 3 is 2.53 bits per heavy atom. The summed E-state index contributed by atoms with van der Waals surface area (Å²) < 4.78 is 36.2. The minimum absolute atomic E-state index is 0.110. The second kappa shape index (κ2) is 12.2. The first-order valence-corrected chi connectivity index (χ1v) is 13.2. The van der Waals surface area contributed by atoms with Crippen molar-refractivity contribution in [3.05, 3.63) is 84.7 Å². The summed E-state index contributed by atoms with van der Waals surface area (Å²) in [6, 6.07) is 10.5. The van der Waals surface area contributed by atoms with Gasteiger partial charge in [-0.25, -0.2) is 18.7 Å². The van der Waals surface area contributed by atoms with Crippen molar-refractivity contribution in [3.8, 4) is 28.3 Å². The van der Waals surface area contributed by atoms with E-state index in [1.165, 1.54) is 36.4 Å². The van der Waals surface area contributed by atoms with Gasteiger partial charge in [-0.3, -0.25) is 19.1 Å². The molecule has 5 rings (SSSR count). The van der Waals surface area contributed by atoms with Crippen LogP contribution in [0.2, 0.25) is 0 Å². The van der Waals surface area contributed by atoms with E-state index in [1.807, 2.05) is 0 Å². The number of likely N-dealkylation sites (tertiary alicyclic amines) is 1. The van der Waals surface area contributed by atoms with Gasteiger partial charge in [0, 0.05) is 41.7 Å². The van der Waals surface area contributed by atoms with Crippen molar-refractivity contribution in [1.82, 2.24) is 24.6 Å². The largest absolute Gasteiger partial charge is 0.467 e. The highest BCUT2D eigenvalue weighted by Gasteiger charge is 2.40. The molecule has 2 aromatic heterocycles. The topological polar surface area (TPSA) is 145 Å². The Morgan fingerprint density at radius 1 is 1.12 bits per heavy atom. The zero-order chi connectivity index (χ0) is 30.7. The summed E-state index contributed by atoms with van der Waals surface area (Å²) >= 11 is 0. The Balaban J connectivity index is 1.35. The number of alkyl halides is 1. The number of halogens is 2. The van der Waals surface area contributed by atoms with E-state index in [0.29, 0.717) is 16.7 Å². The second-order valence-electron chi connectivity index (χ2n) is 9.75. The molecule has 0 spiro atoms. The molecule has 2 aromatic carbocycles. The average molecular weight is 588 g/mol. The van der Waals surface area contributed by atoms with E-state index in [4.69, 9.17) is 10.5 Å². The van der Waals surface area contributed by atoms with Crippen LogP contribution < -0.4 is 15.8 Å². The number of rotatable bonds is 9. The lowest BCUT2D eigenvalue weighted by Gasteiger charge is -2.24. The minimum Gasteiger partial charge on any atom is -0.467 e. The molecule has 3 amide bonds. The smallest absolute Gasteiger partial charge is 0.316 e. The van der Waals surface area contributed by atoms with Gasteiger partial charge < -0.3 is 20.7 Å². The summed E-state index contributed by atoms with van der Waals surface area (Å²) in [5.74, 6) is -2.90. The lowest BCUT2D eigenvalue weighted by molar-refractivity contribution is -0.137. The van der Waals surface area contributed by atoms with Crippen LogP contribution in [0.4, 0.5) is 14.5 Å². The predicted octanol–water partition coefficient (Wildman–Crippen LogP) is 3.47. The molecule has 3 N–H and O–H groups in total. The number of amides is 3. The highest BCUT2D eigenvalue weighted by atomic mass is 19.1. The normalized spacial score (nSPS) is 16.1. The first kappa shape index (κ1) is 29.0. The van der Waals surface area contributed by atoms with Crippen LogP contribution in [-0.2, 0) is 16.1 Å². The average Bonchev–Trinajstić information content (AvgIpc) is 3.62. The molecular formula is C30H27F2N7O4. The number of anilines is 1. The Morgan fingerprint density at radius 2 is 1.84 bits per heavy atom. The van der Waals surface area contributed by atoms with Crippen LogP contribution in [0.15, 0.2) is 67.6 Å². The maximum Gasteiger partial charge on any atom is 0.316 e. The summed E-state index contributed by atoms with van der Waals surface area (Å²) in [4.78, 5) is 47.7. The van der Waals surface area contributed by atoms with E-state index in [9.17, 15) is 18.8 Å². The van der Waals surface area contributed by atoms with Crippen molar-refractivity contribution in [3.63, 3.8) is 0 Å². The highest BCUT2D eigenvalue weighted by Crippen LogP contribution is 2.32. The fourth-order valence-corrected chi connectivity index (χ4v) is 4.97. The van der Waals surface area contributed by atoms with Crippen molar-refractivity contribution in [2.45, 2.75) is 25.2 Å². The number of primary amides is 1. The molecule has 220 valence electrons. The fourth-order valence-electron chi connectivity index (χ4n) is 4.97. The maximum absolute atomic E-state index is 15.6. The van der Waals surface area contributed by atoms with E-state index in [2.05, 4.69) is 27.0 Å². The molecule has 13 heteroatoms. The Labute approximate surface area is 245 Å². The van der Waals surface area contributed by atoms with Gasteiger partial charge >= 0.3 is 6.01 Å². The van der Waals surface area contributed by atoms with Crippen molar-refractivity contribution in [2.75, 3.05) is 19.0 Å². The molecule has 0 radical (unpaired) electrons. The minimum atomic E-state index is -1.47. The third-order valence-corrected chi connectivity index (χ3v) is 7.01. The molecule has 2 unspecified atom stereocenters. The highest BCUT2D eigenvalue weighted by molar-refractivity contribution is 5.99. The number of benzene rings is 2. The van der Waals surface area contributed by atoms with Crippen molar-refractivity contribution in [2.24, 2.45) is 5.73 Å². The SMILES string of the molecule is C=Cc1ccccc1-c1cccc(NC(=O)C2CC(F)CN2C(=O)Cn2cc(-c3cnc(OC)nc3)c(C(N)=O)n2)c1F. The maximum atomic E-state index is 15.6. The van der Waals surface area contributed by atoms with Crippen LogP contribution in [-0.4, -0.2) is 68.2 Å². The number of aromatic nitrogens is 4. The van der Waals surface area contributed by atoms with Crippen LogP contribution in [0.3, 0.4) is 0 Å². The van der Waals surface area contributed by atoms with Crippen LogP contribution in [0.1, 0.15) is 22.5 Å². The summed E-state index contributed by atoms with van der Waals surface area (Å²) in [5, 5.41) is 6.64. The number of methoxy groups -OCH3 is 1. The summed E-state index contributed by atoms with van der Waals surface area (Å²) in [7, 11) is 1.40. The molecule has 1 aliphatic rings. The summed E-state index contributed by atoms with van der Waals surface area (Å²) in [6.07, 6.45) is 4.08. The molecule has 2 atom stereocenters. The lowest BCUT2D eigenvalue weighted by Crippen LogP contribution is -2.44. The summed E-state index contributed by atoms with van der Waals surface area (Å²) in [6.45, 7) is 3.01. The van der Waals surface area contributed by atoms with E-state index in [-0.39, 0.29) is 41.5 Å². The zero-order valence-electron chi connectivity index (χ0n) is 23.0. The number of hydrogen-bond donors (Lipinski definition) is 2. The Bertz CT molecular complexity index is 1710. The second-order valence-corrected chi connectivity index (χ2v) is 9.75. The van der Waals surface area contributed by atoms with Crippen LogP contribution >= 0.6 is 0 Å². The monoisotopic (exact) mass is 587 g/mol. The summed E-state index contributed by atoms with van der Waals surface area (Å²) in [5.41, 5.74) is 7.46. The van der Waals surface area contributed by atoms with Gasteiger partial charge in [0.1, 0.15) is 18.8 Å². The first-order valence-electron chi connectivity index (χ1n) is 13.2. The van der Waals surface area contributed by atoms with Gasteiger partial charge in [-0.1, -0.05) is 49.1 Å². The number of ether oxygens (including phenoxy) is 1. The predicted molar refractivity (Wildman–Crippen MR) is 154 cm³/mol. The third kappa shape index (κ3) is 5.96. The number of carbonyl (C=O) groups is 3. The van der Waals surface area contributed by atoms with E-state index >= 15 is 4.39 Å². The number of carbonyl (C=O) groups excluding carboxylic acids is 3. The van der Waals surface area contributed by atoms with Gasteiger partial charge in [0.05, 0.1) is 19.3 Å². The van der Waals surface area contributed by atoms with E-state index in [0.717, 1.165) is 4.90 Å². The molecule has 0 aliphatic carbocycles. The number of nitrogens with one attached hydrogen (secondary N) is 1. The van der Waals surface area contributed by atoms with E-state index in [1.54, 1.807) is 42.5 Å². The number of nitrogens with zero attached hydrogens (tertiary/aromatic N) is 5. The molecule has 0 saturated carbocycles. The molecule has 0 bridgehead atoms. The van der Waals surface area contributed by atoms with Crippen LogP contribution in [0, 0.1) is 5.82 Å². The molecule has 1 saturated heterocycles. The van der Waals surface area contributed by atoms with Gasteiger partial charge in [0.15, 0.2) is 11.5 Å². The van der Waals surface area contributed by atoms with Gasteiger partial charge in [0.2, 0.25) is 11.8 Å². The van der Waals surface area contributed by atoms with Crippen molar-refractivity contribution in [1.29, 1.82) is 0 Å². The molecule has 3 heterocycles. The van der Waals surface area contributed by atoms with Crippen molar-refractivity contribution >= 4 is 29.5 Å². The van der Waals surface area contributed by atoms with Crippen LogP contribution in [0.5, 0.6) is 6.01 Å². The molecule has 43 heavy (non-hydrogen) atoms.